The number of halogens is 6. The maximum absolute atomic E-state index is 14.0. The molecule has 2 N–H and O–H groups in total. The van der Waals surface area contributed by atoms with Crippen LogP contribution in [0, 0.1) is 0 Å². The van der Waals surface area contributed by atoms with Gasteiger partial charge in [-0.15, -0.1) is 0 Å². The predicted molar refractivity (Wildman–Crippen MR) is 87.1 cm³/mol. The first-order valence-electron chi connectivity index (χ1n) is 7.68. The van der Waals surface area contributed by atoms with Crippen LogP contribution in [0.5, 0.6) is 5.75 Å². The third kappa shape index (κ3) is 4.24. The smallest absolute Gasteiger partial charge is 0.455 e. The Morgan fingerprint density at radius 1 is 1.34 bits per heavy atom. The summed E-state index contributed by atoms with van der Waals surface area (Å²) in [7, 11) is -6.06. The van der Waals surface area contributed by atoms with Gasteiger partial charge in [0.1, 0.15) is 23.9 Å². The normalized spacial score (nSPS) is 20.2. The van der Waals surface area contributed by atoms with Crippen LogP contribution < -0.4 is 4.74 Å². The molecule has 1 aliphatic rings. The topological polar surface area (TPSA) is 96.2 Å². The van der Waals surface area contributed by atoms with Gasteiger partial charge in [0.25, 0.3) is 15.8 Å². The Hall–Kier alpha value is -2.54. The molecule has 6 nitrogen and oxygen atoms in total. The zero-order valence-electron chi connectivity index (χ0n) is 14.4. The molecule has 0 aliphatic heterocycles. The monoisotopic (exact) mass is 445 g/mol. The molecule has 0 bridgehead atoms. The number of oxime groups is 1. The minimum absolute atomic E-state index is 0.349. The maximum Gasteiger partial charge on any atom is 0.501 e. The molecule has 0 aromatic heterocycles. The highest BCUT2D eigenvalue weighted by Crippen LogP contribution is 2.50. The molecule has 0 saturated heterocycles. The second-order valence-corrected chi connectivity index (χ2v) is 7.72. The number of sulfone groups is 1. The zero-order chi connectivity index (χ0) is 22.2. The van der Waals surface area contributed by atoms with E-state index in [4.69, 9.17) is 9.94 Å². The number of ether oxygens (including phenoxy) is 1. The van der Waals surface area contributed by atoms with E-state index in [0.717, 1.165) is 6.08 Å². The van der Waals surface area contributed by atoms with E-state index in [1.807, 2.05) is 0 Å². The number of alkyl halides is 5. The summed E-state index contributed by atoms with van der Waals surface area (Å²) in [5.41, 5.74) is -7.69. The van der Waals surface area contributed by atoms with Gasteiger partial charge < -0.3 is 15.1 Å². The van der Waals surface area contributed by atoms with Crippen molar-refractivity contribution >= 4 is 16.1 Å². The summed E-state index contributed by atoms with van der Waals surface area (Å²) in [5, 5.41) is 21.0. The molecule has 1 atom stereocenters. The molecule has 0 spiro atoms. The van der Waals surface area contributed by atoms with Crippen LogP contribution in [0.1, 0.15) is 24.2 Å². The summed E-state index contributed by atoms with van der Waals surface area (Å²) in [6, 6.07) is 1.000. The van der Waals surface area contributed by atoms with E-state index in [-0.39, 0.29) is 0 Å². The van der Waals surface area contributed by atoms with Crippen LogP contribution in [0.3, 0.4) is 0 Å². The Morgan fingerprint density at radius 2 is 1.97 bits per heavy atom. The third-order valence-corrected chi connectivity index (χ3v) is 5.47. The molecule has 1 aliphatic carbocycles. The van der Waals surface area contributed by atoms with Crippen LogP contribution in [0.25, 0.3) is 0 Å². The van der Waals surface area contributed by atoms with Crippen LogP contribution in [-0.2, 0) is 16.3 Å². The molecular weight excluding hydrogens is 432 g/mol. The zero-order valence-corrected chi connectivity index (χ0v) is 15.2. The number of hydrogen-bond donors (Lipinski definition) is 2. The molecule has 1 aromatic carbocycles. The molecule has 0 radical (unpaired) electrons. The fourth-order valence-electron chi connectivity index (χ4n) is 2.60. The molecule has 0 amide bonds. The first-order valence-corrected chi connectivity index (χ1v) is 9.16. The summed E-state index contributed by atoms with van der Waals surface area (Å²) in [6.45, 7) is 1.30. The minimum Gasteiger partial charge on any atom is -0.455 e. The summed E-state index contributed by atoms with van der Waals surface area (Å²) < 4.78 is 109. The van der Waals surface area contributed by atoms with E-state index in [0.29, 0.717) is 24.4 Å². The highest BCUT2D eigenvalue weighted by molar-refractivity contribution is 7.92. The van der Waals surface area contributed by atoms with Crippen LogP contribution in [0.2, 0.25) is 0 Å². The van der Waals surface area contributed by atoms with Gasteiger partial charge in [0.05, 0.1) is 4.90 Å². The molecule has 29 heavy (non-hydrogen) atoms. The minimum atomic E-state index is -6.06. The lowest BCUT2D eigenvalue weighted by Gasteiger charge is -2.17. The summed E-state index contributed by atoms with van der Waals surface area (Å²) >= 11 is 0. The number of benzene rings is 1. The van der Waals surface area contributed by atoms with Crippen molar-refractivity contribution < 1.29 is 49.8 Å². The summed E-state index contributed by atoms with van der Waals surface area (Å²) in [6.07, 6.45) is -1.97. The van der Waals surface area contributed by atoms with E-state index in [1.165, 1.54) is 6.92 Å². The average molecular weight is 445 g/mol. The lowest BCUT2D eigenvalue weighted by molar-refractivity contribution is -0.0978. The Labute approximate surface area is 160 Å². The third-order valence-electron chi connectivity index (χ3n) is 3.92. The highest BCUT2D eigenvalue weighted by atomic mass is 32.2. The predicted octanol–water partition coefficient (Wildman–Crippen LogP) is 3.80. The van der Waals surface area contributed by atoms with Crippen molar-refractivity contribution in [2.75, 3.05) is 0 Å². The van der Waals surface area contributed by atoms with Crippen LogP contribution in [0.4, 0.5) is 26.3 Å². The van der Waals surface area contributed by atoms with Crippen molar-refractivity contribution in [3.8, 4) is 5.75 Å². The number of allylic oxidation sites excluding steroid dienone is 4. The maximum atomic E-state index is 14.0. The molecule has 0 fully saturated rings. The van der Waals surface area contributed by atoms with Crippen molar-refractivity contribution in [2.24, 2.45) is 5.16 Å². The molecule has 13 heteroatoms. The van der Waals surface area contributed by atoms with Gasteiger partial charge in [-0.3, -0.25) is 0 Å². The van der Waals surface area contributed by atoms with Crippen molar-refractivity contribution in [3.05, 3.63) is 47.0 Å². The second-order valence-electron chi connectivity index (χ2n) is 5.81. The largest absolute Gasteiger partial charge is 0.501 e. The number of nitrogens with zero attached hydrogens (tertiary/aromatic N) is 1. The van der Waals surface area contributed by atoms with Gasteiger partial charge >= 0.3 is 5.51 Å². The lowest BCUT2D eigenvalue weighted by Crippen LogP contribution is -2.26. The molecular formula is C16H13F6NO5S. The number of aliphatic hydroxyl groups is 1. The van der Waals surface area contributed by atoms with Crippen molar-refractivity contribution in [3.63, 3.8) is 0 Å². The van der Waals surface area contributed by atoms with Crippen molar-refractivity contribution in [2.45, 2.75) is 35.8 Å². The molecule has 1 aromatic rings. The Morgan fingerprint density at radius 3 is 2.48 bits per heavy atom. The van der Waals surface area contributed by atoms with E-state index >= 15 is 0 Å². The number of hydrogen-bond acceptors (Lipinski definition) is 6. The summed E-state index contributed by atoms with van der Waals surface area (Å²) in [5.74, 6) is -5.99. The van der Waals surface area contributed by atoms with Gasteiger partial charge in [-0.05, 0) is 19.1 Å². The van der Waals surface area contributed by atoms with E-state index in [2.05, 4.69) is 5.16 Å². The van der Waals surface area contributed by atoms with Gasteiger partial charge in [-0.1, -0.05) is 11.2 Å². The van der Waals surface area contributed by atoms with Crippen LogP contribution in [-0.4, -0.2) is 36.4 Å². The van der Waals surface area contributed by atoms with Gasteiger partial charge in [-0.2, -0.15) is 13.2 Å². The quantitative estimate of drug-likeness (QED) is 0.180. The Kier molecular flexibility index (Phi) is 6.04. The SMILES string of the molecule is C\C=C(F)/C=C(\C=N\O)Oc1ccc(S(=O)(=O)C(F)(F)F)c2c1CC(F)(F)[C@H]2O. The van der Waals surface area contributed by atoms with Crippen LogP contribution >= 0.6 is 0 Å². The molecule has 0 unspecified atom stereocenters. The lowest BCUT2D eigenvalue weighted by atomic mass is 10.1. The van der Waals surface area contributed by atoms with E-state index < -0.39 is 67.2 Å². The Balaban J connectivity index is 2.70. The van der Waals surface area contributed by atoms with Crippen molar-refractivity contribution in [1.82, 2.24) is 0 Å². The molecule has 0 saturated carbocycles. The number of rotatable bonds is 5. The first kappa shape index (κ1) is 22.7. The van der Waals surface area contributed by atoms with E-state index in [9.17, 15) is 39.9 Å². The number of aliphatic hydroxyl groups excluding tert-OH is 1. The van der Waals surface area contributed by atoms with Gasteiger partial charge in [-0.25, -0.2) is 21.6 Å². The molecule has 2 rings (SSSR count). The van der Waals surface area contributed by atoms with Gasteiger partial charge in [0.15, 0.2) is 5.76 Å². The Bertz CT molecular complexity index is 998. The highest BCUT2D eigenvalue weighted by Gasteiger charge is 2.55. The molecule has 160 valence electrons. The van der Waals surface area contributed by atoms with Crippen LogP contribution in [0.15, 0.2) is 45.9 Å². The standard InChI is InChI=1S/C16H13F6NO5S/c1-2-8(17)5-9(7-23-25)28-11-3-4-12(29(26,27)16(20,21)22)13-10(11)6-15(18,19)14(13)24/h2-5,7,14,24-25H,6H2,1H3/b8-2+,9-5+,23-7+/t14-/m0/s1. The van der Waals surface area contributed by atoms with E-state index in [1.54, 1.807) is 0 Å². The second kappa shape index (κ2) is 7.71. The van der Waals surface area contributed by atoms with Crippen molar-refractivity contribution in [1.29, 1.82) is 0 Å². The number of fused-ring (bicyclic) bond motifs is 1. The van der Waals surface area contributed by atoms with Gasteiger partial charge in [0.2, 0.25) is 0 Å². The summed E-state index contributed by atoms with van der Waals surface area (Å²) in [4.78, 5) is -1.54. The average Bonchev–Trinajstić information content (AvgIpc) is 2.84. The first-order chi connectivity index (χ1) is 13.3. The fraction of sp³-hybridized carbons (Fsp3) is 0.312. The fourth-order valence-corrected chi connectivity index (χ4v) is 3.62. The van der Waals surface area contributed by atoms with Gasteiger partial charge in [0, 0.05) is 23.6 Å². The molecule has 0 heterocycles.